The minimum absolute atomic E-state index is 0.0360. The van der Waals surface area contributed by atoms with E-state index in [4.69, 9.17) is 0 Å². The molecule has 1 aromatic heterocycles. The molecule has 27 heavy (non-hydrogen) atoms. The van der Waals surface area contributed by atoms with E-state index in [1.807, 2.05) is 13.8 Å². The fourth-order valence-electron chi connectivity index (χ4n) is 2.69. The predicted octanol–water partition coefficient (Wildman–Crippen LogP) is 3.12. The second-order valence-corrected chi connectivity index (χ2v) is 6.30. The van der Waals surface area contributed by atoms with Crippen LogP contribution in [0.3, 0.4) is 0 Å². The molecule has 7 heteroatoms. The summed E-state index contributed by atoms with van der Waals surface area (Å²) in [5.74, 6) is -0.0298. The molecule has 0 radical (unpaired) electrons. The Labute approximate surface area is 156 Å². The largest absolute Gasteiger partial charge is 0.336 e. The van der Waals surface area contributed by atoms with Gasteiger partial charge in [-0.25, -0.2) is 14.2 Å². The number of nitrogens with zero attached hydrogens (tertiary/aromatic N) is 2. The lowest BCUT2D eigenvalue weighted by Gasteiger charge is -2.16. The van der Waals surface area contributed by atoms with Gasteiger partial charge >= 0.3 is 6.03 Å². The number of hydrogen-bond acceptors (Lipinski definition) is 3. The average molecular weight is 368 g/mol. The van der Waals surface area contributed by atoms with Crippen molar-refractivity contribution >= 4 is 16.9 Å². The molecule has 1 heterocycles. The van der Waals surface area contributed by atoms with Gasteiger partial charge in [0.15, 0.2) is 0 Å². The summed E-state index contributed by atoms with van der Waals surface area (Å²) in [6, 6.07) is 12.3. The van der Waals surface area contributed by atoms with Crippen molar-refractivity contribution in [1.82, 2.24) is 20.2 Å². The lowest BCUT2D eigenvalue weighted by atomic mass is 10.2. The Morgan fingerprint density at radius 1 is 1.19 bits per heavy atom. The van der Waals surface area contributed by atoms with Crippen molar-refractivity contribution in [3.05, 3.63) is 70.5 Å². The van der Waals surface area contributed by atoms with Crippen LogP contribution in [-0.2, 0) is 6.54 Å². The van der Waals surface area contributed by atoms with Gasteiger partial charge in [-0.3, -0.25) is 9.36 Å². The summed E-state index contributed by atoms with van der Waals surface area (Å²) < 4.78 is 14.7. The number of benzene rings is 2. The maximum Gasteiger partial charge on any atom is 0.315 e. The highest BCUT2D eigenvalue weighted by Crippen LogP contribution is 2.13. The van der Waals surface area contributed by atoms with E-state index in [2.05, 4.69) is 15.6 Å². The fourth-order valence-corrected chi connectivity index (χ4v) is 2.69. The third kappa shape index (κ3) is 4.13. The van der Waals surface area contributed by atoms with Crippen LogP contribution in [-0.4, -0.2) is 21.6 Å². The highest BCUT2D eigenvalue weighted by Gasteiger charge is 2.14. The Kier molecular flexibility index (Phi) is 5.49. The lowest BCUT2D eigenvalue weighted by molar-refractivity contribution is 0.236. The number of amides is 2. The first-order valence-electron chi connectivity index (χ1n) is 8.80. The van der Waals surface area contributed by atoms with E-state index < -0.39 is 5.82 Å². The first kappa shape index (κ1) is 18.6. The summed E-state index contributed by atoms with van der Waals surface area (Å²) >= 11 is 0. The zero-order valence-corrected chi connectivity index (χ0v) is 15.2. The summed E-state index contributed by atoms with van der Waals surface area (Å²) in [5.41, 5.74) is 0.755. The zero-order chi connectivity index (χ0) is 19.4. The van der Waals surface area contributed by atoms with Crippen LogP contribution < -0.4 is 16.2 Å². The minimum atomic E-state index is -0.395. The maximum atomic E-state index is 13.3. The monoisotopic (exact) mass is 368 g/mol. The maximum absolute atomic E-state index is 13.3. The molecule has 6 nitrogen and oxygen atoms in total. The van der Waals surface area contributed by atoms with Gasteiger partial charge in [0.05, 0.1) is 23.1 Å². The summed E-state index contributed by atoms with van der Waals surface area (Å²) in [6.07, 6.45) is 0.807. The minimum Gasteiger partial charge on any atom is -0.336 e. The van der Waals surface area contributed by atoms with Crippen molar-refractivity contribution in [1.29, 1.82) is 0 Å². The molecule has 0 aliphatic heterocycles. The topological polar surface area (TPSA) is 76.0 Å². The Bertz CT molecular complexity index is 1010. The van der Waals surface area contributed by atoms with Crippen LogP contribution >= 0.6 is 0 Å². The van der Waals surface area contributed by atoms with Gasteiger partial charge in [-0.1, -0.05) is 19.1 Å². The first-order chi connectivity index (χ1) is 13.0. The molecular formula is C20H21FN4O2. The van der Waals surface area contributed by atoms with Crippen LogP contribution in [0.5, 0.6) is 0 Å². The molecule has 0 saturated carbocycles. The number of carbonyl (C=O) groups is 1. The summed E-state index contributed by atoms with van der Waals surface area (Å²) in [6.45, 7) is 3.93. The van der Waals surface area contributed by atoms with Crippen molar-refractivity contribution in [2.45, 2.75) is 32.9 Å². The van der Waals surface area contributed by atoms with E-state index in [1.54, 1.807) is 24.3 Å². The van der Waals surface area contributed by atoms with Gasteiger partial charge < -0.3 is 10.6 Å². The van der Waals surface area contributed by atoms with Crippen molar-refractivity contribution < 1.29 is 9.18 Å². The van der Waals surface area contributed by atoms with E-state index >= 15 is 0 Å². The smallest absolute Gasteiger partial charge is 0.315 e. The molecule has 2 N–H and O–H groups in total. The number of hydrogen-bond donors (Lipinski definition) is 2. The quantitative estimate of drug-likeness (QED) is 0.726. The Hall–Kier alpha value is -3.22. The summed E-state index contributed by atoms with van der Waals surface area (Å²) in [4.78, 5) is 29.6. The van der Waals surface area contributed by atoms with Crippen molar-refractivity contribution in [2.24, 2.45) is 0 Å². The van der Waals surface area contributed by atoms with Crippen molar-refractivity contribution in [3.8, 4) is 5.69 Å². The second-order valence-electron chi connectivity index (χ2n) is 6.30. The van der Waals surface area contributed by atoms with Crippen LogP contribution in [0.4, 0.5) is 9.18 Å². The number of nitrogens with one attached hydrogen (secondary N) is 2. The Morgan fingerprint density at radius 3 is 2.59 bits per heavy atom. The highest BCUT2D eigenvalue weighted by atomic mass is 19.1. The van der Waals surface area contributed by atoms with E-state index in [-0.39, 0.29) is 24.2 Å². The van der Waals surface area contributed by atoms with E-state index in [0.29, 0.717) is 22.4 Å². The predicted molar refractivity (Wildman–Crippen MR) is 102 cm³/mol. The molecule has 3 aromatic rings. The summed E-state index contributed by atoms with van der Waals surface area (Å²) in [7, 11) is 0. The summed E-state index contributed by atoms with van der Waals surface area (Å²) in [5, 5.41) is 5.99. The van der Waals surface area contributed by atoms with Crippen LogP contribution in [0.2, 0.25) is 0 Å². The normalized spacial score (nSPS) is 12.0. The number of halogens is 1. The van der Waals surface area contributed by atoms with Gasteiger partial charge in [0.25, 0.3) is 5.56 Å². The van der Waals surface area contributed by atoms with Gasteiger partial charge in [0, 0.05) is 6.04 Å². The lowest BCUT2D eigenvalue weighted by Crippen LogP contribution is -2.41. The fraction of sp³-hybridized carbons (Fsp3) is 0.250. The molecule has 0 saturated heterocycles. The molecule has 1 atom stereocenters. The molecule has 0 fully saturated rings. The molecule has 2 amide bonds. The zero-order valence-electron chi connectivity index (χ0n) is 15.2. The Morgan fingerprint density at radius 2 is 1.89 bits per heavy atom. The van der Waals surface area contributed by atoms with Crippen molar-refractivity contribution in [2.75, 3.05) is 0 Å². The van der Waals surface area contributed by atoms with Crippen LogP contribution in [0.15, 0.2) is 53.3 Å². The van der Waals surface area contributed by atoms with Crippen LogP contribution in [0.25, 0.3) is 16.6 Å². The van der Waals surface area contributed by atoms with Gasteiger partial charge in [0.1, 0.15) is 11.6 Å². The number of para-hydroxylation sites is 1. The molecule has 0 spiro atoms. The second kappa shape index (κ2) is 7.99. The SMILES string of the molecule is CCC(C)NC(=O)NCc1nc2ccccc2c(=O)n1-c1ccc(F)cc1. The van der Waals surface area contributed by atoms with Crippen molar-refractivity contribution in [3.63, 3.8) is 0 Å². The van der Waals surface area contributed by atoms with Gasteiger partial charge in [-0.15, -0.1) is 0 Å². The highest BCUT2D eigenvalue weighted by molar-refractivity contribution is 5.78. The molecular weight excluding hydrogens is 347 g/mol. The number of carbonyl (C=O) groups excluding carboxylic acids is 1. The van der Waals surface area contributed by atoms with E-state index in [9.17, 15) is 14.0 Å². The third-order valence-corrected chi connectivity index (χ3v) is 4.33. The number of rotatable bonds is 5. The van der Waals surface area contributed by atoms with E-state index in [0.717, 1.165) is 6.42 Å². The van der Waals surface area contributed by atoms with Gasteiger partial charge in [-0.2, -0.15) is 0 Å². The first-order valence-corrected chi connectivity index (χ1v) is 8.80. The van der Waals surface area contributed by atoms with Gasteiger partial charge in [-0.05, 0) is 49.7 Å². The molecule has 0 bridgehead atoms. The van der Waals surface area contributed by atoms with Crippen LogP contribution in [0, 0.1) is 5.82 Å². The standard InChI is InChI=1S/C20H21FN4O2/c1-3-13(2)23-20(27)22-12-18-24-17-7-5-4-6-16(17)19(26)25(18)15-10-8-14(21)9-11-15/h4-11,13H,3,12H2,1-2H3,(H2,22,23,27). The average Bonchev–Trinajstić information content (AvgIpc) is 2.67. The number of fused-ring (bicyclic) bond motifs is 1. The molecule has 0 aliphatic carbocycles. The molecule has 2 aromatic carbocycles. The number of aromatic nitrogens is 2. The Balaban J connectivity index is 2.02. The molecule has 140 valence electrons. The van der Waals surface area contributed by atoms with Crippen LogP contribution in [0.1, 0.15) is 26.1 Å². The molecule has 3 rings (SSSR count). The molecule has 0 aliphatic rings. The van der Waals surface area contributed by atoms with E-state index in [1.165, 1.54) is 28.8 Å². The van der Waals surface area contributed by atoms with Gasteiger partial charge in [0.2, 0.25) is 0 Å². The molecule has 1 unspecified atom stereocenters. The number of urea groups is 1. The third-order valence-electron chi connectivity index (χ3n) is 4.33.